The quantitative estimate of drug-likeness (QED) is 0.520. The molecule has 6 heteroatoms. The Morgan fingerprint density at radius 2 is 2.00 bits per heavy atom. The average Bonchev–Trinajstić information content (AvgIpc) is 2.54. The lowest BCUT2D eigenvalue weighted by Gasteiger charge is -2.20. The van der Waals surface area contributed by atoms with Crippen LogP contribution in [-0.4, -0.2) is 37.4 Å². The Morgan fingerprint density at radius 1 is 1.50 bits per heavy atom. The minimum absolute atomic E-state index is 0.00116. The van der Waals surface area contributed by atoms with Crippen LogP contribution in [0.15, 0.2) is 0 Å². The van der Waals surface area contributed by atoms with E-state index in [9.17, 15) is 8.42 Å². The Balaban J connectivity index is 2.68. The van der Waals surface area contributed by atoms with Gasteiger partial charge in [-0.1, -0.05) is 12.8 Å². The van der Waals surface area contributed by atoms with Gasteiger partial charge in [-0.15, -0.1) is 0 Å². The van der Waals surface area contributed by atoms with Crippen LogP contribution in [0.2, 0.25) is 0 Å². The number of nitrogens with zero attached hydrogens (tertiary/aromatic N) is 1. The molecule has 0 heterocycles. The third-order valence-corrected chi connectivity index (χ3v) is 4.86. The normalized spacial score (nSPS) is 19.0. The number of likely N-dealkylation sites (N-methyl/N-ethyl adjacent to an activating group) is 1. The molecule has 0 spiro atoms. The van der Waals surface area contributed by atoms with Gasteiger partial charge in [0.1, 0.15) is 5.84 Å². The molecule has 3 N–H and O–H groups in total. The maximum absolute atomic E-state index is 11.8. The largest absolute Gasteiger partial charge is 0.387 e. The van der Waals surface area contributed by atoms with E-state index in [2.05, 4.69) is 0 Å². The minimum atomic E-state index is -3.22. The molecule has 0 unspecified atom stereocenters. The van der Waals surface area contributed by atoms with Crippen LogP contribution in [0, 0.1) is 5.41 Å². The van der Waals surface area contributed by atoms with Crippen LogP contribution < -0.4 is 5.73 Å². The molecule has 0 aliphatic heterocycles. The smallest absolute Gasteiger partial charge is 0.217 e. The summed E-state index contributed by atoms with van der Waals surface area (Å²) in [6.45, 7) is -0.00116. The molecule has 14 heavy (non-hydrogen) atoms. The van der Waals surface area contributed by atoms with Gasteiger partial charge in [-0.25, -0.2) is 8.42 Å². The monoisotopic (exact) mass is 219 g/mol. The second-order valence-electron chi connectivity index (χ2n) is 3.73. The van der Waals surface area contributed by atoms with Gasteiger partial charge in [0, 0.05) is 7.05 Å². The van der Waals surface area contributed by atoms with Crippen molar-refractivity contribution >= 4 is 15.9 Å². The number of hydrogen-bond acceptors (Lipinski definition) is 3. The maximum Gasteiger partial charge on any atom is 0.217 e. The van der Waals surface area contributed by atoms with Crippen molar-refractivity contribution in [2.75, 3.05) is 13.6 Å². The van der Waals surface area contributed by atoms with Gasteiger partial charge in [-0.3, -0.25) is 5.41 Å². The van der Waals surface area contributed by atoms with Crippen molar-refractivity contribution in [2.45, 2.75) is 30.9 Å². The van der Waals surface area contributed by atoms with Gasteiger partial charge in [-0.05, 0) is 12.8 Å². The van der Waals surface area contributed by atoms with Gasteiger partial charge in [-0.2, -0.15) is 4.31 Å². The average molecular weight is 219 g/mol. The lowest BCUT2D eigenvalue weighted by Crippen LogP contribution is -2.39. The topological polar surface area (TPSA) is 87.2 Å². The molecule has 1 aliphatic carbocycles. The highest BCUT2D eigenvalue weighted by molar-refractivity contribution is 7.89. The van der Waals surface area contributed by atoms with Crippen LogP contribution in [0.1, 0.15) is 25.7 Å². The molecule has 0 aromatic rings. The molecule has 0 aromatic carbocycles. The summed E-state index contributed by atoms with van der Waals surface area (Å²) < 4.78 is 24.9. The molecular formula is C8H17N3O2S. The minimum Gasteiger partial charge on any atom is -0.387 e. The molecule has 1 saturated carbocycles. The summed E-state index contributed by atoms with van der Waals surface area (Å²) in [5.41, 5.74) is 5.17. The molecule has 0 atom stereocenters. The predicted molar refractivity (Wildman–Crippen MR) is 55.7 cm³/mol. The maximum atomic E-state index is 11.8. The van der Waals surface area contributed by atoms with Gasteiger partial charge in [0.2, 0.25) is 10.0 Å². The summed E-state index contributed by atoms with van der Waals surface area (Å²) in [7, 11) is -1.74. The molecule has 0 radical (unpaired) electrons. The van der Waals surface area contributed by atoms with Gasteiger partial charge in [0.15, 0.2) is 0 Å². The standard InChI is InChI=1S/C8H17N3O2S/c1-11(6-8(9)10)14(12,13)7-4-2-3-5-7/h7H,2-6H2,1H3,(H3,9,10). The molecule has 0 saturated heterocycles. The first-order valence-electron chi connectivity index (χ1n) is 4.72. The molecule has 1 aliphatic rings. The molecule has 5 nitrogen and oxygen atoms in total. The van der Waals surface area contributed by atoms with E-state index in [4.69, 9.17) is 11.1 Å². The van der Waals surface area contributed by atoms with Crippen LogP contribution >= 0.6 is 0 Å². The van der Waals surface area contributed by atoms with Crippen LogP contribution in [0.25, 0.3) is 0 Å². The lowest BCUT2D eigenvalue weighted by molar-refractivity contribution is 0.489. The first-order valence-corrected chi connectivity index (χ1v) is 6.23. The zero-order valence-electron chi connectivity index (χ0n) is 8.36. The Morgan fingerprint density at radius 3 is 2.43 bits per heavy atom. The first kappa shape index (κ1) is 11.5. The molecular weight excluding hydrogens is 202 g/mol. The number of nitrogens with two attached hydrogens (primary N) is 1. The highest BCUT2D eigenvalue weighted by Crippen LogP contribution is 2.26. The van der Waals surface area contributed by atoms with Crippen molar-refractivity contribution in [3.63, 3.8) is 0 Å². The summed E-state index contributed by atoms with van der Waals surface area (Å²) in [4.78, 5) is 0. The fraction of sp³-hybridized carbons (Fsp3) is 0.875. The third-order valence-electron chi connectivity index (χ3n) is 2.55. The second-order valence-corrected chi connectivity index (χ2v) is 6.05. The van der Waals surface area contributed by atoms with E-state index in [1.165, 1.54) is 11.4 Å². The Labute approximate surface area is 84.8 Å². The summed E-state index contributed by atoms with van der Waals surface area (Å²) in [5.74, 6) is -0.117. The van der Waals surface area contributed by atoms with Crippen LogP contribution in [0.4, 0.5) is 0 Å². The molecule has 0 aromatic heterocycles. The van der Waals surface area contributed by atoms with Crippen molar-refractivity contribution in [2.24, 2.45) is 5.73 Å². The number of sulfonamides is 1. The Hall–Kier alpha value is -0.620. The van der Waals surface area contributed by atoms with E-state index in [0.717, 1.165) is 25.7 Å². The van der Waals surface area contributed by atoms with Crippen molar-refractivity contribution in [3.8, 4) is 0 Å². The van der Waals surface area contributed by atoms with Crippen molar-refractivity contribution in [1.29, 1.82) is 5.41 Å². The third kappa shape index (κ3) is 2.45. The molecule has 0 amide bonds. The number of nitrogens with one attached hydrogen (secondary N) is 1. The predicted octanol–water partition coefficient (Wildman–Crippen LogP) is 0.127. The van der Waals surface area contributed by atoms with E-state index >= 15 is 0 Å². The number of amidine groups is 1. The van der Waals surface area contributed by atoms with E-state index in [1.807, 2.05) is 0 Å². The molecule has 0 bridgehead atoms. The Bertz CT molecular complexity index is 307. The number of rotatable bonds is 4. The number of hydrogen-bond donors (Lipinski definition) is 2. The lowest BCUT2D eigenvalue weighted by atomic mass is 10.4. The highest BCUT2D eigenvalue weighted by Gasteiger charge is 2.32. The first-order chi connectivity index (χ1) is 6.44. The molecule has 82 valence electrons. The van der Waals surface area contributed by atoms with E-state index in [1.54, 1.807) is 0 Å². The van der Waals surface area contributed by atoms with Crippen LogP contribution in [0.5, 0.6) is 0 Å². The summed E-state index contributed by atoms with van der Waals surface area (Å²) in [5, 5.41) is 6.79. The van der Waals surface area contributed by atoms with Gasteiger partial charge >= 0.3 is 0 Å². The van der Waals surface area contributed by atoms with Crippen molar-refractivity contribution in [3.05, 3.63) is 0 Å². The van der Waals surface area contributed by atoms with E-state index < -0.39 is 10.0 Å². The van der Waals surface area contributed by atoms with Crippen molar-refractivity contribution in [1.82, 2.24) is 4.31 Å². The molecule has 1 fully saturated rings. The van der Waals surface area contributed by atoms with E-state index in [0.29, 0.717) is 0 Å². The summed E-state index contributed by atoms with van der Waals surface area (Å²) >= 11 is 0. The summed E-state index contributed by atoms with van der Waals surface area (Å²) in [6, 6.07) is 0. The van der Waals surface area contributed by atoms with Crippen LogP contribution in [0.3, 0.4) is 0 Å². The highest BCUT2D eigenvalue weighted by atomic mass is 32.2. The van der Waals surface area contributed by atoms with Gasteiger partial charge in [0.05, 0.1) is 11.8 Å². The SMILES string of the molecule is CN(CC(=N)N)S(=O)(=O)C1CCCC1. The molecule has 1 rings (SSSR count). The Kier molecular flexibility index (Phi) is 3.49. The van der Waals surface area contributed by atoms with Crippen LogP contribution in [-0.2, 0) is 10.0 Å². The van der Waals surface area contributed by atoms with Gasteiger partial charge < -0.3 is 5.73 Å². The van der Waals surface area contributed by atoms with E-state index in [-0.39, 0.29) is 17.6 Å². The fourth-order valence-corrected chi connectivity index (χ4v) is 3.53. The zero-order chi connectivity index (χ0) is 10.8. The second kappa shape index (κ2) is 4.27. The van der Waals surface area contributed by atoms with Gasteiger partial charge in [0.25, 0.3) is 0 Å². The zero-order valence-corrected chi connectivity index (χ0v) is 9.18. The summed E-state index contributed by atoms with van der Waals surface area (Å²) in [6.07, 6.45) is 3.45. The van der Waals surface area contributed by atoms with Crippen molar-refractivity contribution < 1.29 is 8.42 Å². The fourth-order valence-electron chi connectivity index (χ4n) is 1.77.